The number of rotatable bonds is 7. The quantitative estimate of drug-likeness (QED) is 0.759. The minimum atomic E-state index is 0.355. The molecule has 106 valence electrons. The fourth-order valence-corrected chi connectivity index (χ4v) is 2.83. The van der Waals surface area contributed by atoms with Crippen molar-refractivity contribution in [2.45, 2.75) is 52.9 Å². The first-order valence-corrected chi connectivity index (χ1v) is 7.56. The summed E-state index contributed by atoms with van der Waals surface area (Å²) >= 11 is 0. The minimum Gasteiger partial charge on any atom is -0.342 e. The van der Waals surface area contributed by atoms with Crippen molar-refractivity contribution in [1.29, 1.82) is 0 Å². The van der Waals surface area contributed by atoms with Crippen molar-refractivity contribution in [3.05, 3.63) is 0 Å². The molecule has 3 nitrogen and oxygen atoms in total. The van der Waals surface area contributed by atoms with E-state index in [2.05, 4.69) is 25.7 Å². The number of nitrogens with zero attached hydrogens (tertiary/aromatic N) is 1. The van der Waals surface area contributed by atoms with E-state index in [0.29, 0.717) is 30.1 Å². The molecule has 0 radical (unpaired) electrons. The van der Waals surface area contributed by atoms with Gasteiger partial charge in [0.25, 0.3) is 0 Å². The predicted molar refractivity (Wildman–Crippen MR) is 76.2 cm³/mol. The second-order valence-electron chi connectivity index (χ2n) is 6.02. The van der Waals surface area contributed by atoms with Gasteiger partial charge in [-0.1, -0.05) is 27.2 Å². The minimum absolute atomic E-state index is 0.355. The predicted octanol–water partition coefficient (Wildman–Crippen LogP) is 2.65. The topological polar surface area (TPSA) is 46.3 Å². The third kappa shape index (κ3) is 4.60. The van der Waals surface area contributed by atoms with Crippen molar-refractivity contribution < 1.29 is 4.79 Å². The first-order chi connectivity index (χ1) is 8.58. The van der Waals surface area contributed by atoms with Gasteiger partial charge in [-0.2, -0.15) is 0 Å². The van der Waals surface area contributed by atoms with Gasteiger partial charge < -0.3 is 10.6 Å². The van der Waals surface area contributed by atoms with E-state index in [-0.39, 0.29) is 0 Å². The molecule has 1 rings (SSSR count). The standard InChI is InChI=1S/C15H30N2O/c1-4-13(7-9-16)5-6-15(18)17-10-8-14(11-17)12(2)3/h12-14H,4-11,16H2,1-3H3. The Labute approximate surface area is 112 Å². The lowest BCUT2D eigenvalue weighted by molar-refractivity contribution is -0.130. The maximum absolute atomic E-state index is 12.1. The van der Waals surface area contributed by atoms with Gasteiger partial charge in [0.2, 0.25) is 5.91 Å². The molecule has 0 aromatic carbocycles. The summed E-state index contributed by atoms with van der Waals surface area (Å²) in [6.45, 7) is 9.39. The maximum atomic E-state index is 12.1. The van der Waals surface area contributed by atoms with Gasteiger partial charge in [0.15, 0.2) is 0 Å². The van der Waals surface area contributed by atoms with Crippen LogP contribution in [0.15, 0.2) is 0 Å². The highest BCUT2D eigenvalue weighted by molar-refractivity contribution is 5.76. The van der Waals surface area contributed by atoms with Gasteiger partial charge in [-0.05, 0) is 43.6 Å². The van der Waals surface area contributed by atoms with Crippen LogP contribution >= 0.6 is 0 Å². The largest absolute Gasteiger partial charge is 0.342 e. The van der Waals surface area contributed by atoms with Crippen LogP contribution in [0.4, 0.5) is 0 Å². The third-order valence-electron chi connectivity index (χ3n) is 4.44. The van der Waals surface area contributed by atoms with Crippen molar-refractivity contribution in [1.82, 2.24) is 4.90 Å². The van der Waals surface area contributed by atoms with E-state index in [1.807, 2.05) is 0 Å². The first-order valence-electron chi connectivity index (χ1n) is 7.56. The number of carbonyl (C=O) groups excluding carboxylic acids is 1. The van der Waals surface area contributed by atoms with Crippen molar-refractivity contribution in [3.8, 4) is 0 Å². The maximum Gasteiger partial charge on any atom is 0.222 e. The highest BCUT2D eigenvalue weighted by Gasteiger charge is 2.27. The van der Waals surface area contributed by atoms with Gasteiger partial charge in [-0.3, -0.25) is 4.79 Å². The van der Waals surface area contributed by atoms with Crippen LogP contribution in [-0.2, 0) is 4.79 Å². The molecule has 3 heteroatoms. The van der Waals surface area contributed by atoms with Crippen molar-refractivity contribution in [2.75, 3.05) is 19.6 Å². The highest BCUT2D eigenvalue weighted by atomic mass is 16.2. The molecule has 1 heterocycles. The molecule has 2 atom stereocenters. The van der Waals surface area contributed by atoms with Crippen LogP contribution in [0.1, 0.15) is 52.9 Å². The molecule has 0 spiro atoms. The fraction of sp³-hybridized carbons (Fsp3) is 0.933. The second kappa shape index (κ2) is 7.78. The molecule has 1 aliphatic rings. The van der Waals surface area contributed by atoms with Crippen molar-refractivity contribution >= 4 is 5.91 Å². The lowest BCUT2D eigenvalue weighted by Gasteiger charge is -2.20. The van der Waals surface area contributed by atoms with Crippen LogP contribution in [0, 0.1) is 17.8 Å². The van der Waals surface area contributed by atoms with Gasteiger partial charge in [0.1, 0.15) is 0 Å². The van der Waals surface area contributed by atoms with Gasteiger partial charge in [-0.15, -0.1) is 0 Å². The molecule has 2 unspecified atom stereocenters. The molecule has 0 saturated carbocycles. The molecule has 0 bridgehead atoms. The molecule has 1 aliphatic heterocycles. The van der Waals surface area contributed by atoms with E-state index in [1.54, 1.807) is 0 Å². The first kappa shape index (κ1) is 15.5. The zero-order valence-corrected chi connectivity index (χ0v) is 12.3. The molecule has 0 aromatic rings. The summed E-state index contributed by atoms with van der Waals surface area (Å²) in [4.78, 5) is 14.2. The number of amides is 1. The smallest absolute Gasteiger partial charge is 0.222 e. The van der Waals surface area contributed by atoms with Crippen molar-refractivity contribution in [2.24, 2.45) is 23.5 Å². The van der Waals surface area contributed by atoms with Gasteiger partial charge >= 0.3 is 0 Å². The summed E-state index contributed by atoms with van der Waals surface area (Å²) in [5, 5.41) is 0. The number of hydrogen-bond acceptors (Lipinski definition) is 2. The number of hydrogen-bond donors (Lipinski definition) is 1. The Hall–Kier alpha value is -0.570. The monoisotopic (exact) mass is 254 g/mol. The van der Waals surface area contributed by atoms with Crippen LogP contribution in [0.5, 0.6) is 0 Å². The van der Waals surface area contributed by atoms with E-state index < -0.39 is 0 Å². The molecular weight excluding hydrogens is 224 g/mol. The molecule has 0 aromatic heterocycles. The van der Waals surface area contributed by atoms with Crippen LogP contribution in [0.25, 0.3) is 0 Å². The zero-order chi connectivity index (χ0) is 13.5. The average Bonchev–Trinajstić information content (AvgIpc) is 2.83. The molecule has 18 heavy (non-hydrogen) atoms. The van der Waals surface area contributed by atoms with Crippen molar-refractivity contribution in [3.63, 3.8) is 0 Å². The number of carbonyl (C=O) groups is 1. The summed E-state index contributed by atoms with van der Waals surface area (Å²) in [6.07, 6.45) is 5.10. The highest BCUT2D eigenvalue weighted by Crippen LogP contribution is 2.25. The Bertz CT molecular complexity index is 253. The van der Waals surface area contributed by atoms with Crippen LogP contribution in [-0.4, -0.2) is 30.4 Å². The Morgan fingerprint density at radius 3 is 2.61 bits per heavy atom. The third-order valence-corrected chi connectivity index (χ3v) is 4.44. The van der Waals surface area contributed by atoms with Gasteiger partial charge in [0, 0.05) is 19.5 Å². The summed E-state index contributed by atoms with van der Waals surface area (Å²) < 4.78 is 0. The normalized spacial score (nSPS) is 21.6. The fourth-order valence-electron chi connectivity index (χ4n) is 2.83. The Kier molecular flexibility index (Phi) is 6.69. The van der Waals surface area contributed by atoms with E-state index in [0.717, 1.165) is 38.9 Å². The zero-order valence-electron chi connectivity index (χ0n) is 12.3. The second-order valence-corrected chi connectivity index (χ2v) is 6.02. The van der Waals surface area contributed by atoms with E-state index in [1.165, 1.54) is 6.42 Å². The van der Waals surface area contributed by atoms with Gasteiger partial charge in [0.05, 0.1) is 0 Å². The Morgan fingerprint density at radius 1 is 1.39 bits per heavy atom. The average molecular weight is 254 g/mol. The molecule has 2 N–H and O–H groups in total. The van der Waals surface area contributed by atoms with Crippen LogP contribution < -0.4 is 5.73 Å². The molecular formula is C15H30N2O. The summed E-state index contributed by atoms with van der Waals surface area (Å²) in [5.74, 6) is 2.39. The summed E-state index contributed by atoms with van der Waals surface area (Å²) in [6, 6.07) is 0. The Balaban J connectivity index is 2.29. The van der Waals surface area contributed by atoms with Gasteiger partial charge in [-0.25, -0.2) is 0 Å². The summed E-state index contributed by atoms with van der Waals surface area (Å²) in [7, 11) is 0. The number of likely N-dealkylation sites (tertiary alicyclic amines) is 1. The molecule has 0 aliphatic carbocycles. The van der Waals surface area contributed by atoms with Crippen LogP contribution in [0.2, 0.25) is 0 Å². The van der Waals surface area contributed by atoms with E-state index >= 15 is 0 Å². The molecule has 1 saturated heterocycles. The lowest BCUT2D eigenvalue weighted by Crippen LogP contribution is -2.29. The van der Waals surface area contributed by atoms with Crippen LogP contribution in [0.3, 0.4) is 0 Å². The lowest BCUT2D eigenvalue weighted by atomic mass is 9.95. The number of nitrogens with two attached hydrogens (primary N) is 1. The molecule has 1 amide bonds. The SMILES string of the molecule is CCC(CCN)CCC(=O)N1CCC(C(C)C)C1. The van der Waals surface area contributed by atoms with E-state index in [9.17, 15) is 4.79 Å². The summed E-state index contributed by atoms with van der Waals surface area (Å²) in [5.41, 5.74) is 5.59. The Morgan fingerprint density at radius 2 is 2.11 bits per heavy atom. The van der Waals surface area contributed by atoms with E-state index in [4.69, 9.17) is 5.73 Å². The molecule has 1 fully saturated rings.